The third-order valence-corrected chi connectivity index (χ3v) is 16.2. The fourth-order valence-corrected chi connectivity index (χ4v) is 14.1. The Morgan fingerprint density at radius 1 is 0.417 bits per heavy atom. The van der Waals surface area contributed by atoms with E-state index < -0.39 is 0 Å². The molecule has 288 valence electrons. The van der Waals surface area contributed by atoms with Gasteiger partial charge in [-0.1, -0.05) is 146 Å². The maximum Gasteiger partial charge on any atom is 0.0554 e. The van der Waals surface area contributed by atoms with E-state index in [1.54, 1.807) is 11.1 Å². The first-order chi connectivity index (χ1) is 29.7. The van der Waals surface area contributed by atoms with Crippen LogP contribution in [0.15, 0.2) is 188 Å². The van der Waals surface area contributed by atoms with Crippen LogP contribution in [0.5, 0.6) is 0 Å². The molecule has 0 atom stereocenters. The SMILES string of the molecule is c1ccc(-c2ccc(N(c3ccc(-c4cccc5c4C4(c6ccccc6-5)C5CC6CC(C5)CC4C6)c(-c4ccccc4)c3)c3cccc4sc5ccccc5c34)cc2)cc1. The van der Waals surface area contributed by atoms with Gasteiger partial charge in [0.05, 0.1) is 5.69 Å². The Morgan fingerprint density at radius 3 is 1.77 bits per heavy atom. The number of nitrogens with zero attached hydrogens (tertiary/aromatic N) is 1. The summed E-state index contributed by atoms with van der Waals surface area (Å²) in [4.78, 5) is 2.51. The molecule has 9 aromatic rings. The van der Waals surface area contributed by atoms with Gasteiger partial charge in [0.1, 0.15) is 0 Å². The maximum absolute atomic E-state index is 2.51. The first-order valence-corrected chi connectivity index (χ1v) is 22.8. The van der Waals surface area contributed by atoms with Crippen molar-refractivity contribution < 1.29 is 0 Å². The number of hydrogen-bond acceptors (Lipinski definition) is 2. The Balaban J connectivity index is 1.05. The monoisotopic (exact) mass is 787 g/mol. The molecule has 1 spiro atoms. The van der Waals surface area contributed by atoms with Gasteiger partial charge in [-0.05, 0) is 154 Å². The van der Waals surface area contributed by atoms with Gasteiger partial charge in [-0.15, -0.1) is 11.3 Å². The minimum Gasteiger partial charge on any atom is -0.310 e. The van der Waals surface area contributed by atoms with Crippen molar-refractivity contribution >= 4 is 48.6 Å². The zero-order valence-corrected chi connectivity index (χ0v) is 34.4. The summed E-state index contributed by atoms with van der Waals surface area (Å²) in [7, 11) is 0. The van der Waals surface area contributed by atoms with Crippen molar-refractivity contribution in [2.75, 3.05) is 4.90 Å². The van der Waals surface area contributed by atoms with Crippen LogP contribution in [0.3, 0.4) is 0 Å². The summed E-state index contributed by atoms with van der Waals surface area (Å²) < 4.78 is 2.62. The van der Waals surface area contributed by atoms with Crippen molar-refractivity contribution in [1.29, 1.82) is 0 Å². The highest BCUT2D eigenvalue weighted by molar-refractivity contribution is 7.26. The average Bonchev–Trinajstić information content (AvgIpc) is 3.84. The molecule has 8 aromatic carbocycles. The summed E-state index contributed by atoms with van der Waals surface area (Å²) >= 11 is 1.88. The van der Waals surface area contributed by atoms with E-state index in [1.165, 1.54) is 102 Å². The summed E-state index contributed by atoms with van der Waals surface area (Å²) in [5.74, 6) is 3.20. The van der Waals surface area contributed by atoms with E-state index in [-0.39, 0.29) is 5.41 Å². The molecule has 0 unspecified atom stereocenters. The smallest absolute Gasteiger partial charge is 0.0554 e. The van der Waals surface area contributed by atoms with Gasteiger partial charge in [0.25, 0.3) is 0 Å². The molecule has 1 nitrogen and oxygen atoms in total. The van der Waals surface area contributed by atoms with E-state index in [0.29, 0.717) is 11.8 Å². The number of fused-ring (bicyclic) bond motifs is 6. The van der Waals surface area contributed by atoms with Gasteiger partial charge in [0.2, 0.25) is 0 Å². The highest BCUT2D eigenvalue weighted by atomic mass is 32.1. The third-order valence-electron chi connectivity index (χ3n) is 15.1. The van der Waals surface area contributed by atoms with Gasteiger partial charge in [-0.25, -0.2) is 0 Å². The molecule has 0 N–H and O–H groups in total. The van der Waals surface area contributed by atoms with E-state index in [1.807, 2.05) is 11.3 Å². The molecule has 14 rings (SSSR count). The second kappa shape index (κ2) is 13.4. The standard InChI is InChI=1S/C58H45NS/c1-3-13-39(14-4-1)40-25-27-44(28-26-40)59(53-22-12-24-55-56(53)50-18-8-10-23-54(50)60-55)45-29-30-46(51(36-45)41-15-5-2-6-16-41)48-19-11-20-49-47-17-7-9-21-52(47)58(57(48)49)42-32-37-31-38(34-42)35-43(58)33-37/h1-30,36-38,42-43H,31-35H2. The molecule has 0 radical (unpaired) electrons. The van der Waals surface area contributed by atoms with Crippen molar-refractivity contribution in [3.05, 3.63) is 199 Å². The average molecular weight is 788 g/mol. The summed E-state index contributed by atoms with van der Waals surface area (Å²) in [5.41, 5.74) is 17.5. The fourth-order valence-electron chi connectivity index (χ4n) is 13.0. The zero-order valence-electron chi connectivity index (χ0n) is 33.6. The second-order valence-corrected chi connectivity index (χ2v) is 19.1. The predicted octanol–water partition coefficient (Wildman–Crippen LogP) is 16.2. The molecule has 1 heterocycles. The van der Waals surface area contributed by atoms with Gasteiger partial charge >= 0.3 is 0 Å². The van der Waals surface area contributed by atoms with Crippen LogP contribution in [0.25, 0.3) is 64.7 Å². The van der Waals surface area contributed by atoms with E-state index in [4.69, 9.17) is 0 Å². The molecule has 0 aliphatic heterocycles. The highest BCUT2D eigenvalue weighted by Gasteiger charge is 2.62. The number of rotatable bonds is 6. The molecule has 5 aliphatic carbocycles. The first-order valence-electron chi connectivity index (χ1n) is 22.0. The summed E-state index contributed by atoms with van der Waals surface area (Å²) in [6.07, 6.45) is 6.96. The van der Waals surface area contributed by atoms with Crippen LogP contribution in [0.1, 0.15) is 43.2 Å². The van der Waals surface area contributed by atoms with Crippen LogP contribution in [-0.4, -0.2) is 0 Å². The van der Waals surface area contributed by atoms with Crippen LogP contribution in [0.2, 0.25) is 0 Å². The van der Waals surface area contributed by atoms with Crippen LogP contribution in [0, 0.1) is 23.7 Å². The molecule has 2 heteroatoms. The number of hydrogen-bond donors (Lipinski definition) is 0. The van der Waals surface area contributed by atoms with E-state index in [2.05, 4.69) is 193 Å². The van der Waals surface area contributed by atoms with E-state index in [0.717, 1.165) is 23.2 Å². The summed E-state index contributed by atoms with van der Waals surface area (Å²) in [6.45, 7) is 0. The summed E-state index contributed by atoms with van der Waals surface area (Å²) in [5, 5.41) is 2.61. The second-order valence-electron chi connectivity index (χ2n) is 18.0. The predicted molar refractivity (Wildman–Crippen MR) is 254 cm³/mol. The third kappa shape index (κ3) is 5.04. The lowest BCUT2D eigenvalue weighted by Crippen LogP contribution is -2.55. The van der Waals surface area contributed by atoms with Crippen molar-refractivity contribution in [1.82, 2.24) is 0 Å². The molecular formula is C58H45NS. The van der Waals surface area contributed by atoms with Gasteiger partial charge in [0.15, 0.2) is 0 Å². The van der Waals surface area contributed by atoms with Gasteiger partial charge in [-0.2, -0.15) is 0 Å². The van der Waals surface area contributed by atoms with Gasteiger partial charge < -0.3 is 4.90 Å². The molecular weight excluding hydrogens is 743 g/mol. The minimum absolute atomic E-state index is 0.0742. The molecule has 1 aromatic heterocycles. The quantitative estimate of drug-likeness (QED) is 0.162. The van der Waals surface area contributed by atoms with Crippen molar-refractivity contribution in [3.63, 3.8) is 0 Å². The lowest BCUT2D eigenvalue weighted by molar-refractivity contribution is -0.0397. The number of benzene rings is 8. The Labute approximate surface area is 356 Å². The molecule has 60 heavy (non-hydrogen) atoms. The normalized spacial score (nSPS) is 22.1. The Bertz CT molecular complexity index is 3070. The maximum atomic E-state index is 2.51. The number of anilines is 3. The highest BCUT2D eigenvalue weighted by Crippen LogP contribution is 2.70. The van der Waals surface area contributed by atoms with Gasteiger partial charge in [-0.3, -0.25) is 0 Å². The van der Waals surface area contributed by atoms with Crippen molar-refractivity contribution in [3.8, 4) is 44.5 Å². The molecule has 0 saturated heterocycles. The lowest BCUT2D eigenvalue weighted by atomic mass is 9.42. The van der Waals surface area contributed by atoms with Crippen LogP contribution in [0.4, 0.5) is 17.1 Å². The Morgan fingerprint density at radius 2 is 1.00 bits per heavy atom. The topological polar surface area (TPSA) is 3.24 Å². The largest absolute Gasteiger partial charge is 0.310 e. The zero-order chi connectivity index (χ0) is 39.4. The minimum atomic E-state index is 0.0742. The van der Waals surface area contributed by atoms with E-state index in [9.17, 15) is 0 Å². The molecule has 4 saturated carbocycles. The van der Waals surface area contributed by atoms with Crippen molar-refractivity contribution in [2.24, 2.45) is 23.7 Å². The number of thiophene rings is 1. The van der Waals surface area contributed by atoms with Crippen LogP contribution in [-0.2, 0) is 5.41 Å². The van der Waals surface area contributed by atoms with Gasteiger partial charge in [0, 0.05) is 37.0 Å². The summed E-state index contributed by atoms with van der Waals surface area (Å²) in [6, 6.07) is 71.0. The van der Waals surface area contributed by atoms with Crippen molar-refractivity contribution in [2.45, 2.75) is 37.5 Å². The van der Waals surface area contributed by atoms with Crippen LogP contribution < -0.4 is 4.90 Å². The fraction of sp³-hybridized carbons (Fsp3) is 0.172. The molecule has 5 aliphatic rings. The molecule has 4 bridgehead atoms. The Hall–Kier alpha value is -6.22. The molecule has 4 fully saturated rings. The van der Waals surface area contributed by atoms with E-state index >= 15 is 0 Å². The first kappa shape index (κ1) is 34.6. The Kier molecular flexibility index (Phi) is 7.73. The van der Waals surface area contributed by atoms with Crippen LogP contribution >= 0.6 is 11.3 Å². The molecule has 0 amide bonds. The lowest BCUT2D eigenvalue weighted by Gasteiger charge is -2.61.